The second kappa shape index (κ2) is 7.00. The van der Waals surface area contributed by atoms with Gasteiger partial charge in [-0.3, -0.25) is 4.79 Å². The Morgan fingerprint density at radius 3 is 2.71 bits per heavy atom. The van der Waals surface area contributed by atoms with Crippen LogP contribution in [0.25, 0.3) is 0 Å². The third kappa shape index (κ3) is 4.66. The van der Waals surface area contributed by atoms with E-state index in [1.807, 2.05) is 0 Å². The first-order valence-corrected chi connectivity index (χ1v) is 7.10. The van der Waals surface area contributed by atoms with Gasteiger partial charge < -0.3 is 11.1 Å². The Labute approximate surface area is 106 Å². The normalized spacial score (nSPS) is 26.9. The van der Waals surface area contributed by atoms with Crippen molar-refractivity contribution in [3.63, 3.8) is 0 Å². The van der Waals surface area contributed by atoms with Crippen molar-refractivity contribution in [2.75, 3.05) is 0 Å². The Morgan fingerprint density at radius 2 is 2.12 bits per heavy atom. The number of hydrogen-bond donors (Lipinski definition) is 2. The summed E-state index contributed by atoms with van der Waals surface area (Å²) in [6.07, 6.45) is 6.54. The summed E-state index contributed by atoms with van der Waals surface area (Å²) in [5.41, 5.74) is 5.83. The van der Waals surface area contributed by atoms with Gasteiger partial charge in [-0.2, -0.15) is 0 Å². The van der Waals surface area contributed by atoms with Crippen molar-refractivity contribution >= 4 is 5.91 Å². The summed E-state index contributed by atoms with van der Waals surface area (Å²) >= 11 is 0. The zero-order valence-corrected chi connectivity index (χ0v) is 11.5. The summed E-state index contributed by atoms with van der Waals surface area (Å²) in [5.74, 6) is 1.52. The molecule has 17 heavy (non-hydrogen) atoms. The summed E-state index contributed by atoms with van der Waals surface area (Å²) in [6, 6.07) is 0.0333. The zero-order chi connectivity index (χ0) is 12.8. The van der Waals surface area contributed by atoms with Crippen molar-refractivity contribution in [1.82, 2.24) is 5.32 Å². The molecule has 1 saturated carbocycles. The molecule has 1 aliphatic carbocycles. The maximum Gasteiger partial charge on any atom is 0.237 e. The highest BCUT2D eigenvalue weighted by Crippen LogP contribution is 2.29. The van der Waals surface area contributed by atoms with E-state index in [1.54, 1.807) is 0 Å². The van der Waals surface area contributed by atoms with Crippen molar-refractivity contribution in [3.8, 4) is 0 Å². The van der Waals surface area contributed by atoms with Gasteiger partial charge in [0.1, 0.15) is 0 Å². The largest absolute Gasteiger partial charge is 0.352 e. The van der Waals surface area contributed by atoms with Gasteiger partial charge in [0.15, 0.2) is 0 Å². The smallest absolute Gasteiger partial charge is 0.237 e. The maximum absolute atomic E-state index is 11.8. The van der Waals surface area contributed by atoms with Crippen LogP contribution in [-0.2, 0) is 4.79 Å². The molecule has 100 valence electrons. The van der Waals surface area contributed by atoms with E-state index in [2.05, 4.69) is 26.1 Å². The standard InChI is InChI=1S/C14H28N2O/c1-4-6-13(15)14(17)16-12-8-5-7-11(9-12)10(2)3/h10-13H,4-9,15H2,1-3H3,(H,16,17). The quantitative estimate of drug-likeness (QED) is 0.775. The van der Waals surface area contributed by atoms with Crippen molar-refractivity contribution in [2.24, 2.45) is 17.6 Å². The molecule has 3 nitrogen and oxygen atoms in total. The van der Waals surface area contributed by atoms with E-state index in [9.17, 15) is 4.79 Å². The van der Waals surface area contributed by atoms with Gasteiger partial charge in [-0.15, -0.1) is 0 Å². The van der Waals surface area contributed by atoms with Gasteiger partial charge in [0.2, 0.25) is 5.91 Å². The lowest BCUT2D eigenvalue weighted by Gasteiger charge is -2.32. The van der Waals surface area contributed by atoms with Crippen LogP contribution in [0, 0.1) is 11.8 Å². The fourth-order valence-electron chi connectivity index (χ4n) is 2.71. The first-order valence-electron chi connectivity index (χ1n) is 7.10. The number of carbonyl (C=O) groups is 1. The highest BCUT2D eigenvalue weighted by atomic mass is 16.2. The molecule has 0 aliphatic heterocycles. The Morgan fingerprint density at radius 1 is 1.41 bits per heavy atom. The third-order valence-corrected chi connectivity index (χ3v) is 3.94. The van der Waals surface area contributed by atoms with Crippen LogP contribution in [-0.4, -0.2) is 18.0 Å². The lowest BCUT2D eigenvalue weighted by atomic mass is 9.79. The van der Waals surface area contributed by atoms with Gasteiger partial charge in [-0.1, -0.05) is 40.0 Å². The van der Waals surface area contributed by atoms with E-state index in [0.29, 0.717) is 6.04 Å². The van der Waals surface area contributed by atoms with Gasteiger partial charge >= 0.3 is 0 Å². The third-order valence-electron chi connectivity index (χ3n) is 3.94. The van der Waals surface area contributed by atoms with E-state index >= 15 is 0 Å². The van der Waals surface area contributed by atoms with Gasteiger partial charge in [0, 0.05) is 6.04 Å². The van der Waals surface area contributed by atoms with Crippen molar-refractivity contribution in [1.29, 1.82) is 0 Å². The monoisotopic (exact) mass is 240 g/mol. The van der Waals surface area contributed by atoms with Crippen LogP contribution in [0.5, 0.6) is 0 Å². The molecule has 0 spiro atoms. The molecule has 0 radical (unpaired) electrons. The number of rotatable bonds is 5. The molecule has 1 fully saturated rings. The van der Waals surface area contributed by atoms with E-state index in [0.717, 1.165) is 37.5 Å². The lowest BCUT2D eigenvalue weighted by molar-refractivity contribution is -0.123. The molecular formula is C14H28N2O. The molecule has 3 atom stereocenters. The van der Waals surface area contributed by atoms with Crippen LogP contribution >= 0.6 is 0 Å². The molecule has 0 aromatic heterocycles. The second-order valence-corrected chi connectivity index (χ2v) is 5.77. The molecule has 0 aromatic carbocycles. The maximum atomic E-state index is 11.8. The number of nitrogens with two attached hydrogens (primary N) is 1. The summed E-state index contributed by atoms with van der Waals surface area (Å²) in [6.45, 7) is 6.61. The molecule has 0 bridgehead atoms. The van der Waals surface area contributed by atoms with Crippen LogP contribution in [0.1, 0.15) is 59.3 Å². The predicted octanol–water partition coefficient (Wildman–Crippen LogP) is 2.44. The first-order chi connectivity index (χ1) is 8.04. The second-order valence-electron chi connectivity index (χ2n) is 5.77. The molecule has 3 N–H and O–H groups in total. The average Bonchev–Trinajstić information content (AvgIpc) is 2.29. The topological polar surface area (TPSA) is 55.1 Å². The lowest BCUT2D eigenvalue weighted by Crippen LogP contribution is -2.47. The minimum Gasteiger partial charge on any atom is -0.352 e. The Balaban J connectivity index is 2.38. The number of amides is 1. The van der Waals surface area contributed by atoms with Crippen LogP contribution in [0.3, 0.4) is 0 Å². The van der Waals surface area contributed by atoms with Crippen molar-refractivity contribution in [2.45, 2.75) is 71.4 Å². The van der Waals surface area contributed by atoms with E-state index in [-0.39, 0.29) is 11.9 Å². The SMILES string of the molecule is CCCC(N)C(=O)NC1CCCC(C(C)C)C1. The van der Waals surface area contributed by atoms with Crippen LogP contribution in [0.2, 0.25) is 0 Å². The number of hydrogen-bond acceptors (Lipinski definition) is 2. The predicted molar refractivity (Wildman–Crippen MR) is 71.6 cm³/mol. The molecule has 0 heterocycles. The molecule has 0 saturated heterocycles. The average molecular weight is 240 g/mol. The minimum atomic E-state index is -0.320. The summed E-state index contributed by atoms with van der Waals surface area (Å²) in [4.78, 5) is 11.8. The van der Waals surface area contributed by atoms with E-state index in [4.69, 9.17) is 5.73 Å². The highest BCUT2D eigenvalue weighted by Gasteiger charge is 2.26. The molecule has 0 aromatic rings. The number of nitrogens with one attached hydrogen (secondary N) is 1. The van der Waals surface area contributed by atoms with Gasteiger partial charge in [-0.25, -0.2) is 0 Å². The van der Waals surface area contributed by atoms with Crippen LogP contribution in [0.4, 0.5) is 0 Å². The molecule has 3 unspecified atom stereocenters. The van der Waals surface area contributed by atoms with Crippen molar-refractivity contribution < 1.29 is 4.79 Å². The van der Waals surface area contributed by atoms with Crippen LogP contribution < -0.4 is 11.1 Å². The van der Waals surface area contributed by atoms with E-state index < -0.39 is 0 Å². The Hall–Kier alpha value is -0.570. The fraction of sp³-hybridized carbons (Fsp3) is 0.929. The van der Waals surface area contributed by atoms with Gasteiger partial charge in [-0.05, 0) is 31.1 Å². The molecule has 1 rings (SSSR count). The van der Waals surface area contributed by atoms with E-state index in [1.165, 1.54) is 12.8 Å². The Kier molecular flexibility index (Phi) is 5.96. The van der Waals surface area contributed by atoms with Crippen LogP contribution in [0.15, 0.2) is 0 Å². The van der Waals surface area contributed by atoms with Gasteiger partial charge in [0.25, 0.3) is 0 Å². The molecular weight excluding hydrogens is 212 g/mol. The molecule has 1 aliphatic rings. The first kappa shape index (κ1) is 14.5. The Bertz CT molecular complexity index is 240. The fourth-order valence-corrected chi connectivity index (χ4v) is 2.71. The molecule has 1 amide bonds. The zero-order valence-electron chi connectivity index (χ0n) is 11.5. The minimum absolute atomic E-state index is 0.0428. The van der Waals surface area contributed by atoms with Crippen molar-refractivity contribution in [3.05, 3.63) is 0 Å². The molecule has 3 heteroatoms. The summed E-state index contributed by atoms with van der Waals surface area (Å²) in [7, 11) is 0. The highest BCUT2D eigenvalue weighted by molar-refractivity contribution is 5.81. The summed E-state index contributed by atoms with van der Waals surface area (Å²) in [5, 5.41) is 3.12. The number of carbonyl (C=O) groups excluding carboxylic acids is 1. The summed E-state index contributed by atoms with van der Waals surface area (Å²) < 4.78 is 0. The van der Waals surface area contributed by atoms with Gasteiger partial charge in [0.05, 0.1) is 6.04 Å².